The van der Waals surface area contributed by atoms with Gasteiger partial charge in [-0.15, -0.1) is 0 Å². The molecule has 2 unspecified atom stereocenters. The van der Waals surface area contributed by atoms with Crippen molar-refractivity contribution in [1.29, 1.82) is 0 Å². The van der Waals surface area contributed by atoms with Gasteiger partial charge in [0.25, 0.3) is 0 Å². The molecule has 4 nitrogen and oxygen atoms in total. The predicted molar refractivity (Wildman–Crippen MR) is 46.7 cm³/mol. The van der Waals surface area contributed by atoms with Crippen LogP contribution >= 0.6 is 0 Å². The summed E-state index contributed by atoms with van der Waals surface area (Å²) in [7, 11) is 0. The molecule has 0 aromatic heterocycles. The van der Waals surface area contributed by atoms with Crippen LogP contribution in [0.4, 0.5) is 0 Å². The second kappa shape index (κ2) is 3.33. The molecule has 2 heterocycles. The normalized spacial score (nSPS) is 40.2. The highest BCUT2D eigenvalue weighted by Gasteiger charge is 2.30. The lowest BCUT2D eigenvalue weighted by Gasteiger charge is -2.38. The van der Waals surface area contributed by atoms with Crippen molar-refractivity contribution >= 4 is 0 Å². The Morgan fingerprint density at radius 1 is 1.25 bits per heavy atom. The zero-order chi connectivity index (χ0) is 8.39. The molecule has 2 fully saturated rings. The first-order valence-corrected chi connectivity index (χ1v) is 4.69. The van der Waals surface area contributed by atoms with E-state index in [-0.39, 0.29) is 6.04 Å². The van der Waals surface area contributed by atoms with Crippen molar-refractivity contribution in [2.45, 2.75) is 50.2 Å². The van der Waals surface area contributed by atoms with E-state index in [9.17, 15) is 0 Å². The van der Waals surface area contributed by atoms with Gasteiger partial charge in [-0.25, -0.2) is 0 Å². The van der Waals surface area contributed by atoms with Crippen molar-refractivity contribution in [3.8, 4) is 0 Å². The minimum absolute atomic E-state index is 0.256. The number of hydrogen-bond donors (Lipinski definition) is 1. The maximum atomic E-state index is 8.32. The summed E-state index contributed by atoms with van der Waals surface area (Å²) in [4.78, 5) is 2.88. The first-order valence-electron chi connectivity index (χ1n) is 4.69. The van der Waals surface area contributed by atoms with Gasteiger partial charge in [0.1, 0.15) is 0 Å². The average Bonchev–Trinajstić information content (AvgIpc) is 2.04. The molecule has 2 atom stereocenters. The highest BCUT2D eigenvalue weighted by molar-refractivity contribution is 4.92. The summed E-state index contributed by atoms with van der Waals surface area (Å²) in [6.45, 7) is 0. The van der Waals surface area contributed by atoms with E-state index in [2.05, 4.69) is 15.3 Å². The Kier molecular flexibility index (Phi) is 2.19. The van der Waals surface area contributed by atoms with Gasteiger partial charge in [-0.1, -0.05) is 11.5 Å². The van der Waals surface area contributed by atoms with Crippen molar-refractivity contribution < 1.29 is 0 Å². The fourth-order valence-electron chi connectivity index (χ4n) is 2.40. The van der Waals surface area contributed by atoms with Crippen molar-refractivity contribution in [2.24, 2.45) is 5.11 Å². The van der Waals surface area contributed by atoms with Gasteiger partial charge in [0.05, 0.1) is 0 Å². The molecule has 2 bridgehead atoms. The molecule has 4 heteroatoms. The molecule has 0 radical (unpaired) electrons. The number of nitrogens with zero attached hydrogens (tertiary/aromatic N) is 3. The Labute approximate surface area is 72.0 Å². The summed E-state index contributed by atoms with van der Waals surface area (Å²) in [6, 6.07) is 1.49. The summed E-state index contributed by atoms with van der Waals surface area (Å²) in [6.07, 6.45) is 5.94. The number of azide groups is 1. The highest BCUT2D eigenvalue weighted by Crippen LogP contribution is 2.27. The van der Waals surface area contributed by atoms with Crippen molar-refractivity contribution in [3.05, 3.63) is 10.4 Å². The second-order valence-electron chi connectivity index (χ2n) is 3.82. The van der Waals surface area contributed by atoms with Gasteiger partial charge >= 0.3 is 0 Å². The van der Waals surface area contributed by atoms with Crippen LogP contribution in [-0.4, -0.2) is 18.1 Å². The largest absolute Gasteiger partial charge is 0.311 e. The number of fused-ring (bicyclic) bond motifs is 2. The third kappa shape index (κ3) is 1.54. The molecule has 0 aliphatic carbocycles. The van der Waals surface area contributed by atoms with E-state index in [1.807, 2.05) is 0 Å². The maximum Gasteiger partial charge on any atom is 0.0403 e. The minimum Gasteiger partial charge on any atom is -0.311 e. The monoisotopic (exact) mass is 166 g/mol. The molecule has 2 saturated heterocycles. The third-order valence-electron chi connectivity index (χ3n) is 2.90. The topological polar surface area (TPSA) is 60.8 Å². The maximum absolute atomic E-state index is 8.32. The van der Waals surface area contributed by atoms with Crippen LogP contribution in [0.2, 0.25) is 0 Å². The summed E-state index contributed by atoms with van der Waals surface area (Å²) in [5.74, 6) is 0. The van der Waals surface area contributed by atoms with Gasteiger partial charge in [0, 0.05) is 23.0 Å². The Balaban J connectivity index is 2.00. The van der Waals surface area contributed by atoms with E-state index in [4.69, 9.17) is 5.53 Å². The molecule has 0 amide bonds. The lowest BCUT2D eigenvalue weighted by atomic mass is 9.84. The number of hydrogen-bond acceptors (Lipinski definition) is 2. The van der Waals surface area contributed by atoms with Gasteiger partial charge in [-0.3, -0.25) is 0 Å². The minimum atomic E-state index is 0.256. The van der Waals surface area contributed by atoms with E-state index in [1.165, 1.54) is 19.3 Å². The molecule has 0 aromatic carbocycles. The summed E-state index contributed by atoms with van der Waals surface area (Å²) in [5, 5.41) is 7.36. The Bertz CT molecular complexity index is 197. The molecule has 0 spiro atoms. The quantitative estimate of drug-likeness (QED) is 0.361. The summed E-state index contributed by atoms with van der Waals surface area (Å²) in [5.41, 5.74) is 8.32. The fourth-order valence-corrected chi connectivity index (χ4v) is 2.40. The molecule has 12 heavy (non-hydrogen) atoms. The Hall–Kier alpha value is -0.730. The van der Waals surface area contributed by atoms with Gasteiger partial charge in [-0.2, -0.15) is 0 Å². The Morgan fingerprint density at radius 2 is 1.92 bits per heavy atom. The first-order chi connectivity index (χ1) is 5.88. The van der Waals surface area contributed by atoms with Gasteiger partial charge in [-0.05, 0) is 31.2 Å². The molecule has 2 aliphatic heterocycles. The number of rotatable bonds is 1. The van der Waals surface area contributed by atoms with E-state index < -0.39 is 0 Å². The molecule has 1 N–H and O–H groups in total. The lowest BCUT2D eigenvalue weighted by molar-refractivity contribution is 0.222. The zero-order valence-corrected chi connectivity index (χ0v) is 7.11. The van der Waals surface area contributed by atoms with E-state index in [1.54, 1.807) is 0 Å². The second-order valence-corrected chi connectivity index (χ2v) is 3.82. The fraction of sp³-hybridized carbons (Fsp3) is 1.00. The average molecular weight is 166 g/mol. The van der Waals surface area contributed by atoms with Crippen LogP contribution in [0.25, 0.3) is 10.4 Å². The van der Waals surface area contributed by atoms with E-state index >= 15 is 0 Å². The van der Waals surface area contributed by atoms with Crippen LogP contribution in [0.5, 0.6) is 0 Å². The van der Waals surface area contributed by atoms with E-state index in [0.717, 1.165) is 12.8 Å². The third-order valence-corrected chi connectivity index (χ3v) is 2.90. The van der Waals surface area contributed by atoms with Crippen LogP contribution < -0.4 is 5.32 Å². The van der Waals surface area contributed by atoms with Crippen LogP contribution in [-0.2, 0) is 0 Å². The van der Waals surface area contributed by atoms with Crippen molar-refractivity contribution in [2.75, 3.05) is 0 Å². The Morgan fingerprint density at radius 3 is 2.50 bits per heavy atom. The van der Waals surface area contributed by atoms with Gasteiger partial charge in [0.15, 0.2) is 0 Å². The van der Waals surface area contributed by atoms with Crippen LogP contribution in [0.15, 0.2) is 5.11 Å². The van der Waals surface area contributed by atoms with Crippen LogP contribution in [0.3, 0.4) is 0 Å². The highest BCUT2D eigenvalue weighted by atomic mass is 15.2. The molecule has 66 valence electrons. The molecular formula is C8H14N4. The van der Waals surface area contributed by atoms with Gasteiger partial charge in [0.2, 0.25) is 0 Å². The SMILES string of the molecule is [N-]=[N+]=NC1CC2CCCC(C1)N2. The first kappa shape index (κ1) is 7.90. The predicted octanol–water partition coefficient (Wildman–Crippen LogP) is 1.97. The number of nitrogens with one attached hydrogen (secondary N) is 1. The molecule has 0 saturated carbocycles. The smallest absolute Gasteiger partial charge is 0.0403 e. The lowest BCUT2D eigenvalue weighted by Crippen LogP contribution is -2.49. The standard InChI is InChI=1S/C8H14N4/c9-12-11-8-4-6-2-1-3-7(5-8)10-6/h6-8,10H,1-5H2. The molecule has 2 rings (SSSR count). The van der Waals surface area contributed by atoms with Crippen molar-refractivity contribution in [1.82, 2.24) is 5.32 Å². The molecule has 0 aromatic rings. The van der Waals surface area contributed by atoms with Gasteiger partial charge < -0.3 is 5.32 Å². The summed E-state index contributed by atoms with van der Waals surface area (Å²) >= 11 is 0. The van der Waals surface area contributed by atoms with E-state index in [0.29, 0.717) is 12.1 Å². The van der Waals surface area contributed by atoms with Crippen LogP contribution in [0.1, 0.15) is 32.1 Å². The van der Waals surface area contributed by atoms with Crippen molar-refractivity contribution in [3.63, 3.8) is 0 Å². The van der Waals surface area contributed by atoms with Crippen LogP contribution in [0, 0.1) is 0 Å². The zero-order valence-electron chi connectivity index (χ0n) is 7.11. The summed E-state index contributed by atoms with van der Waals surface area (Å²) < 4.78 is 0. The molecule has 2 aliphatic rings. The number of piperidine rings is 2. The molecular weight excluding hydrogens is 152 g/mol.